The largest absolute Gasteiger partial charge is 0.463 e. The van der Waals surface area contributed by atoms with E-state index in [1.165, 1.54) is 6.92 Å². The van der Waals surface area contributed by atoms with Gasteiger partial charge in [0.1, 0.15) is 6.61 Å². The van der Waals surface area contributed by atoms with Gasteiger partial charge in [0.25, 0.3) is 0 Å². The second kappa shape index (κ2) is 7.41. The van der Waals surface area contributed by atoms with Gasteiger partial charge in [-0.25, -0.2) is 4.79 Å². The van der Waals surface area contributed by atoms with Crippen molar-refractivity contribution in [3.05, 3.63) is 53.6 Å². The molecule has 0 amide bonds. The van der Waals surface area contributed by atoms with Crippen LogP contribution in [0.15, 0.2) is 48.0 Å². The van der Waals surface area contributed by atoms with Gasteiger partial charge in [0, 0.05) is 6.92 Å². The summed E-state index contributed by atoms with van der Waals surface area (Å²) < 4.78 is 9.92. The van der Waals surface area contributed by atoms with Crippen LogP contribution in [-0.4, -0.2) is 25.2 Å². The summed E-state index contributed by atoms with van der Waals surface area (Å²) in [7, 11) is 0. The highest BCUT2D eigenvalue weighted by molar-refractivity contribution is 5.95. The molecule has 114 valence electrons. The first kappa shape index (κ1) is 15.8. The van der Waals surface area contributed by atoms with Crippen molar-refractivity contribution < 1.29 is 19.1 Å². The summed E-state index contributed by atoms with van der Waals surface area (Å²) in [6, 6.07) is 13.8. The van der Waals surface area contributed by atoms with Gasteiger partial charge in [-0.1, -0.05) is 36.4 Å². The van der Waals surface area contributed by atoms with E-state index in [1.807, 2.05) is 42.5 Å². The molecular formula is C18H18O4. The summed E-state index contributed by atoms with van der Waals surface area (Å²) in [5, 5.41) is 2.20. The Hall–Kier alpha value is -2.62. The van der Waals surface area contributed by atoms with E-state index < -0.39 is 11.9 Å². The van der Waals surface area contributed by atoms with Crippen molar-refractivity contribution in [3.63, 3.8) is 0 Å². The number of benzene rings is 2. The number of carbonyl (C=O) groups is 2. The third kappa shape index (κ3) is 4.19. The fourth-order valence-electron chi connectivity index (χ4n) is 2.06. The normalized spacial score (nSPS) is 11.3. The zero-order valence-electron chi connectivity index (χ0n) is 12.7. The standard InChI is InChI=1S/C18H18O4/c1-3-21-18(20)17(12-22-13(2)19)11-14-8-9-15-6-4-5-7-16(15)10-14/h4-11H,3,12H2,1-2H3/b17-11+. The molecule has 2 rings (SSSR count). The van der Waals surface area contributed by atoms with Crippen molar-refractivity contribution in [2.24, 2.45) is 0 Å². The zero-order valence-corrected chi connectivity index (χ0v) is 12.7. The van der Waals surface area contributed by atoms with Crippen LogP contribution in [0, 0.1) is 0 Å². The summed E-state index contributed by atoms with van der Waals surface area (Å²) in [5.41, 5.74) is 1.17. The van der Waals surface area contributed by atoms with Crippen LogP contribution in [0.5, 0.6) is 0 Å². The topological polar surface area (TPSA) is 52.6 Å². The van der Waals surface area contributed by atoms with Crippen LogP contribution in [0.4, 0.5) is 0 Å². The van der Waals surface area contributed by atoms with Crippen LogP contribution in [0.25, 0.3) is 16.8 Å². The smallest absolute Gasteiger partial charge is 0.337 e. The van der Waals surface area contributed by atoms with E-state index in [2.05, 4.69) is 0 Å². The van der Waals surface area contributed by atoms with Crippen LogP contribution < -0.4 is 0 Å². The maximum atomic E-state index is 11.9. The Balaban J connectivity index is 2.32. The third-order valence-corrected chi connectivity index (χ3v) is 3.08. The number of fused-ring (bicyclic) bond motifs is 1. The Bertz CT molecular complexity index is 716. The highest BCUT2D eigenvalue weighted by atomic mass is 16.5. The molecule has 0 unspecified atom stereocenters. The molecule has 0 bridgehead atoms. The van der Waals surface area contributed by atoms with Crippen molar-refractivity contribution in [2.75, 3.05) is 13.2 Å². The lowest BCUT2D eigenvalue weighted by Gasteiger charge is -2.08. The first-order valence-corrected chi connectivity index (χ1v) is 7.10. The maximum Gasteiger partial charge on any atom is 0.337 e. The molecule has 4 heteroatoms. The minimum atomic E-state index is -0.475. The van der Waals surface area contributed by atoms with E-state index in [4.69, 9.17) is 9.47 Å². The number of esters is 2. The fourth-order valence-corrected chi connectivity index (χ4v) is 2.06. The lowest BCUT2D eigenvalue weighted by molar-refractivity contribution is -0.142. The van der Waals surface area contributed by atoms with Gasteiger partial charge in [0.2, 0.25) is 0 Å². The average molecular weight is 298 g/mol. The van der Waals surface area contributed by atoms with Crippen LogP contribution in [0.1, 0.15) is 19.4 Å². The molecule has 0 radical (unpaired) electrons. The van der Waals surface area contributed by atoms with Crippen molar-refractivity contribution in [1.82, 2.24) is 0 Å². The van der Waals surface area contributed by atoms with Gasteiger partial charge in [-0.05, 0) is 35.4 Å². The molecule has 22 heavy (non-hydrogen) atoms. The molecule has 0 aliphatic heterocycles. The highest BCUT2D eigenvalue weighted by Gasteiger charge is 2.12. The van der Waals surface area contributed by atoms with E-state index in [1.54, 1.807) is 13.0 Å². The van der Waals surface area contributed by atoms with Crippen LogP contribution in [0.3, 0.4) is 0 Å². The first-order chi connectivity index (χ1) is 10.6. The average Bonchev–Trinajstić information content (AvgIpc) is 2.51. The van der Waals surface area contributed by atoms with Gasteiger partial charge in [0.15, 0.2) is 0 Å². The Morgan fingerprint density at radius 1 is 1.05 bits per heavy atom. The lowest BCUT2D eigenvalue weighted by Crippen LogP contribution is -2.14. The summed E-state index contributed by atoms with van der Waals surface area (Å²) in [4.78, 5) is 22.9. The SMILES string of the molecule is CCOC(=O)/C(=C/c1ccc2ccccc2c1)COC(C)=O. The molecule has 0 fully saturated rings. The molecule has 2 aromatic rings. The quantitative estimate of drug-likeness (QED) is 0.627. The second-order valence-corrected chi connectivity index (χ2v) is 4.78. The van der Waals surface area contributed by atoms with Crippen molar-refractivity contribution in [2.45, 2.75) is 13.8 Å². The lowest BCUT2D eigenvalue weighted by atomic mass is 10.1. The van der Waals surface area contributed by atoms with E-state index in [-0.39, 0.29) is 13.2 Å². The van der Waals surface area contributed by atoms with E-state index >= 15 is 0 Å². The van der Waals surface area contributed by atoms with Gasteiger partial charge in [-0.3, -0.25) is 4.79 Å². The van der Waals surface area contributed by atoms with Gasteiger partial charge in [-0.15, -0.1) is 0 Å². The minimum Gasteiger partial charge on any atom is -0.463 e. The number of hydrogen-bond acceptors (Lipinski definition) is 4. The Labute approximate surface area is 129 Å². The Kier molecular flexibility index (Phi) is 5.31. The van der Waals surface area contributed by atoms with E-state index in [0.717, 1.165) is 16.3 Å². The summed E-state index contributed by atoms with van der Waals surface area (Å²) in [5.74, 6) is -0.911. The number of rotatable bonds is 5. The summed E-state index contributed by atoms with van der Waals surface area (Å²) >= 11 is 0. The monoisotopic (exact) mass is 298 g/mol. The first-order valence-electron chi connectivity index (χ1n) is 7.10. The van der Waals surface area contributed by atoms with Crippen molar-refractivity contribution in [3.8, 4) is 0 Å². The second-order valence-electron chi connectivity index (χ2n) is 4.78. The Morgan fingerprint density at radius 2 is 1.77 bits per heavy atom. The molecule has 0 heterocycles. The van der Waals surface area contributed by atoms with Crippen molar-refractivity contribution in [1.29, 1.82) is 0 Å². The molecule has 0 aliphatic rings. The zero-order chi connectivity index (χ0) is 15.9. The molecule has 0 aromatic heterocycles. The fraction of sp³-hybridized carbons (Fsp3) is 0.222. The molecule has 0 spiro atoms. The number of ether oxygens (including phenoxy) is 2. The van der Waals surface area contributed by atoms with Crippen LogP contribution in [0.2, 0.25) is 0 Å². The van der Waals surface area contributed by atoms with Gasteiger partial charge < -0.3 is 9.47 Å². The van der Waals surface area contributed by atoms with Gasteiger partial charge >= 0.3 is 11.9 Å². The number of hydrogen-bond donors (Lipinski definition) is 0. The summed E-state index contributed by atoms with van der Waals surface area (Å²) in [6.45, 7) is 3.21. The maximum absolute atomic E-state index is 11.9. The van der Waals surface area contributed by atoms with Gasteiger partial charge in [-0.2, -0.15) is 0 Å². The molecule has 2 aromatic carbocycles. The third-order valence-electron chi connectivity index (χ3n) is 3.08. The highest BCUT2D eigenvalue weighted by Crippen LogP contribution is 2.18. The Morgan fingerprint density at radius 3 is 2.45 bits per heavy atom. The minimum absolute atomic E-state index is 0.0962. The number of carbonyl (C=O) groups excluding carboxylic acids is 2. The van der Waals surface area contributed by atoms with E-state index in [9.17, 15) is 9.59 Å². The van der Waals surface area contributed by atoms with Gasteiger partial charge in [0.05, 0.1) is 12.2 Å². The van der Waals surface area contributed by atoms with Crippen LogP contribution >= 0.6 is 0 Å². The molecule has 0 atom stereocenters. The van der Waals surface area contributed by atoms with Crippen molar-refractivity contribution >= 4 is 28.8 Å². The molecule has 0 N–H and O–H groups in total. The molecular weight excluding hydrogens is 280 g/mol. The van der Waals surface area contributed by atoms with Crippen LogP contribution in [-0.2, 0) is 19.1 Å². The van der Waals surface area contributed by atoms with E-state index in [0.29, 0.717) is 5.57 Å². The molecule has 0 aliphatic carbocycles. The predicted octanol–water partition coefficient (Wildman–Crippen LogP) is 3.35. The predicted molar refractivity (Wildman–Crippen MR) is 85.2 cm³/mol. The molecule has 4 nitrogen and oxygen atoms in total. The summed E-state index contributed by atoms with van der Waals surface area (Å²) in [6.07, 6.45) is 1.69. The molecule has 0 saturated carbocycles. The molecule has 0 saturated heterocycles.